The number of furan rings is 1. The van der Waals surface area contributed by atoms with Crippen molar-refractivity contribution in [1.29, 1.82) is 0 Å². The summed E-state index contributed by atoms with van der Waals surface area (Å²) in [6.45, 7) is 3.84. The number of halogens is 1. The predicted molar refractivity (Wildman–Crippen MR) is 82.2 cm³/mol. The molecule has 1 aromatic carbocycles. The zero-order valence-electron chi connectivity index (χ0n) is 11.5. The van der Waals surface area contributed by atoms with Crippen molar-refractivity contribution in [2.45, 2.75) is 25.8 Å². The number of hydrogen-bond acceptors (Lipinski definition) is 3. The van der Waals surface area contributed by atoms with E-state index < -0.39 is 0 Å². The van der Waals surface area contributed by atoms with Crippen LogP contribution in [0.15, 0.2) is 39.6 Å². The molecule has 0 saturated carbocycles. The Morgan fingerprint density at radius 2 is 2.25 bits per heavy atom. The molecule has 3 rings (SSSR count). The molecule has 3 nitrogen and oxygen atoms in total. The molecule has 0 aliphatic carbocycles. The van der Waals surface area contributed by atoms with Crippen LogP contribution >= 0.6 is 15.9 Å². The maximum absolute atomic E-state index is 5.68. The zero-order valence-corrected chi connectivity index (χ0v) is 13.1. The van der Waals surface area contributed by atoms with Crippen molar-refractivity contribution >= 4 is 15.9 Å². The average molecular weight is 336 g/mol. The van der Waals surface area contributed by atoms with E-state index in [-0.39, 0.29) is 6.04 Å². The van der Waals surface area contributed by atoms with Gasteiger partial charge in [-0.05, 0) is 58.6 Å². The Hall–Kier alpha value is -1.26. The van der Waals surface area contributed by atoms with E-state index in [1.165, 1.54) is 11.1 Å². The van der Waals surface area contributed by atoms with E-state index in [0.29, 0.717) is 0 Å². The molecular formula is C16H18BrNO2. The highest BCUT2D eigenvalue weighted by Gasteiger charge is 2.20. The number of ether oxygens (including phenoxy) is 1. The fourth-order valence-corrected chi connectivity index (χ4v) is 3.15. The predicted octanol–water partition coefficient (Wildman–Crippen LogP) is 4.07. The van der Waals surface area contributed by atoms with Crippen molar-refractivity contribution in [2.24, 2.45) is 0 Å². The monoisotopic (exact) mass is 335 g/mol. The van der Waals surface area contributed by atoms with Crippen LogP contribution in [0.2, 0.25) is 0 Å². The van der Waals surface area contributed by atoms with Crippen molar-refractivity contribution < 1.29 is 9.15 Å². The molecule has 1 aliphatic heterocycles. The highest BCUT2D eigenvalue weighted by Crippen LogP contribution is 2.33. The van der Waals surface area contributed by atoms with Gasteiger partial charge in [-0.3, -0.25) is 0 Å². The third-order valence-corrected chi connectivity index (χ3v) is 4.28. The quantitative estimate of drug-likeness (QED) is 0.914. The molecule has 1 atom stereocenters. The Labute approximate surface area is 127 Å². The van der Waals surface area contributed by atoms with Gasteiger partial charge >= 0.3 is 0 Å². The highest BCUT2D eigenvalue weighted by atomic mass is 79.9. The van der Waals surface area contributed by atoms with Gasteiger partial charge in [-0.15, -0.1) is 0 Å². The molecule has 0 saturated heterocycles. The number of aryl methyl sites for hydroxylation is 1. The van der Waals surface area contributed by atoms with Gasteiger partial charge in [-0.1, -0.05) is 19.1 Å². The van der Waals surface area contributed by atoms with E-state index >= 15 is 0 Å². The maximum atomic E-state index is 5.68. The maximum Gasteiger partial charge on any atom is 0.174 e. The first kappa shape index (κ1) is 13.7. The van der Waals surface area contributed by atoms with Crippen molar-refractivity contribution in [3.63, 3.8) is 0 Å². The first-order chi connectivity index (χ1) is 9.79. The molecule has 1 N–H and O–H groups in total. The molecule has 0 fully saturated rings. The number of rotatable bonds is 4. The third-order valence-electron chi connectivity index (χ3n) is 3.63. The normalized spacial score (nSPS) is 15.5. The SMILES string of the molecule is CCNC(c1ccc2c(c1)CCCO2)c1ccoc1Br. The lowest BCUT2D eigenvalue weighted by molar-refractivity contribution is 0.288. The van der Waals surface area contributed by atoms with Gasteiger partial charge in [0.15, 0.2) is 4.67 Å². The van der Waals surface area contributed by atoms with E-state index in [0.717, 1.165) is 42.0 Å². The standard InChI is InChI=1S/C16H18BrNO2/c1-2-18-15(13-7-9-20-16(13)17)12-5-6-14-11(10-12)4-3-8-19-14/h5-7,9-10,15,18H,2-4,8H2,1H3. The molecule has 0 radical (unpaired) electrons. The second kappa shape index (κ2) is 6.02. The minimum atomic E-state index is 0.139. The first-order valence-electron chi connectivity index (χ1n) is 7.01. The Kier molecular flexibility index (Phi) is 4.13. The van der Waals surface area contributed by atoms with Gasteiger partial charge in [0.25, 0.3) is 0 Å². The van der Waals surface area contributed by atoms with Gasteiger partial charge in [0.1, 0.15) is 5.75 Å². The Morgan fingerprint density at radius 3 is 3.00 bits per heavy atom. The second-order valence-electron chi connectivity index (χ2n) is 4.96. The van der Waals surface area contributed by atoms with Crippen LogP contribution in [0.1, 0.15) is 36.1 Å². The van der Waals surface area contributed by atoms with E-state index in [2.05, 4.69) is 46.4 Å². The fourth-order valence-electron chi connectivity index (χ4n) is 2.68. The Bertz CT molecular complexity index is 594. The number of nitrogens with one attached hydrogen (secondary N) is 1. The molecule has 0 spiro atoms. The van der Waals surface area contributed by atoms with Crippen LogP contribution in [-0.4, -0.2) is 13.2 Å². The second-order valence-corrected chi connectivity index (χ2v) is 5.68. The molecule has 1 unspecified atom stereocenters. The summed E-state index contributed by atoms with van der Waals surface area (Å²) < 4.78 is 11.9. The summed E-state index contributed by atoms with van der Waals surface area (Å²) in [7, 11) is 0. The summed E-state index contributed by atoms with van der Waals surface area (Å²) >= 11 is 3.48. The van der Waals surface area contributed by atoms with Gasteiger partial charge in [0.05, 0.1) is 18.9 Å². The van der Waals surface area contributed by atoms with Gasteiger partial charge < -0.3 is 14.5 Å². The average Bonchev–Trinajstić information content (AvgIpc) is 2.90. The molecule has 106 valence electrons. The van der Waals surface area contributed by atoms with Crippen LogP contribution in [0.5, 0.6) is 5.75 Å². The summed E-state index contributed by atoms with van der Waals surface area (Å²) in [6.07, 6.45) is 3.90. The van der Waals surface area contributed by atoms with Crippen LogP contribution in [0.3, 0.4) is 0 Å². The van der Waals surface area contributed by atoms with Crippen LogP contribution in [0.4, 0.5) is 0 Å². The lowest BCUT2D eigenvalue weighted by Gasteiger charge is -2.22. The minimum Gasteiger partial charge on any atom is -0.493 e. The van der Waals surface area contributed by atoms with Gasteiger partial charge in [-0.2, -0.15) is 0 Å². The van der Waals surface area contributed by atoms with Gasteiger partial charge in [0.2, 0.25) is 0 Å². The summed E-state index contributed by atoms with van der Waals surface area (Å²) in [5.74, 6) is 1.03. The Balaban J connectivity index is 1.97. The smallest absolute Gasteiger partial charge is 0.174 e. The van der Waals surface area contributed by atoms with E-state index in [1.54, 1.807) is 6.26 Å². The fraction of sp³-hybridized carbons (Fsp3) is 0.375. The van der Waals surface area contributed by atoms with Crippen molar-refractivity contribution in [3.8, 4) is 5.75 Å². The number of benzene rings is 1. The highest BCUT2D eigenvalue weighted by molar-refractivity contribution is 9.10. The van der Waals surface area contributed by atoms with Gasteiger partial charge in [0, 0.05) is 5.56 Å². The molecule has 2 aromatic rings. The molecule has 4 heteroatoms. The van der Waals surface area contributed by atoms with Crippen molar-refractivity contribution in [1.82, 2.24) is 5.32 Å². The minimum absolute atomic E-state index is 0.139. The lowest BCUT2D eigenvalue weighted by Crippen LogP contribution is -2.22. The van der Waals surface area contributed by atoms with E-state index in [4.69, 9.17) is 9.15 Å². The van der Waals surface area contributed by atoms with Crippen LogP contribution in [-0.2, 0) is 6.42 Å². The summed E-state index contributed by atoms with van der Waals surface area (Å²) in [6, 6.07) is 8.62. The zero-order chi connectivity index (χ0) is 13.9. The lowest BCUT2D eigenvalue weighted by atomic mass is 9.96. The third kappa shape index (κ3) is 2.63. The van der Waals surface area contributed by atoms with Crippen LogP contribution in [0, 0.1) is 0 Å². The molecule has 20 heavy (non-hydrogen) atoms. The van der Waals surface area contributed by atoms with E-state index in [1.807, 2.05) is 6.07 Å². The summed E-state index contributed by atoms with van der Waals surface area (Å²) in [5, 5.41) is 3.52. The van der Waals surface area contributed by atoms with Crippen LogP contribution in [0.25, 0.3) is 0 Å². The Morgan fingerprint density at radius 1 is 1.35 bits per heavy atom. The topological polar surface area (TPSA) is 34.4 Å². The van der Waals surface area contributed by atoms with Crippen LogP contribution < -0.4 is 10.1 Å². The van der Waals surface area contributed by atoms with E-state index in [9.17, 15) is 0 Å². The number of hydrogen-bond donors (Lipinski definition) is 1. The molecule has 0 bridgehead atoms. The summed E-state index contributed by atoms with van der Waals surface area (Å²) in [4.78, 5) is 0. The molecule has 0 amide bonds. The first-order valence-corrected chi connectivity index (χ1v) is 7.80. The van der Waals surface area contributed by atoms with Crippen molar-refractivity contribution in [3.05, 3.63) is 51.9 Å². The van der Waals surface area contributed by atoms with Gasteiger partial charge in [-0.25, -0.2) is 0 Å². The molecule has 1 aliphatic rings. The molecule has 2 heterocycles. The largest absolute Gasteiger partial charge is 0.493 e. The molecule has 1 aromatic heterocycles. The molecular weight excluding hydrogens is 318 g/mol. The van der Waals surface area contributed by atoms with Crippen molar-refractivity contribution in [2.75, 3.05) is 13.2 Å². The number of fused-ring (bicyclic) bond motifs is 1. The summed E-state index contributed by atoms with van der Waals surface area (Å²) in [5.41, 5.74) is 3.68.